The van der Waals surface area contributed by atoms with Gasteiger partial charge in [-0.1, -0.05) is 12.1 Å². The van der Waals surface area contributed by atoms with Crippen molar-refractivity contribution in [2.75, 3.05) is 20.8 Å². The van der Waals surface area contributed by atoms with Gasteiger partial charge in [-0.2, -0.15) is 0 Å². The highest BCUT2D eigenvalue weighted by molar-refractivity contribution is 5.79. The van der Waals surface area contributed by atoms with Crippen LogP contribution in [0.15, 0.2) is 36.5 Å². The van der Waals surface area contributed by atoms with Crippen molar-refractivity contribution in [2.24, 2.45) is 0 Å². The lowest BCUT2D eigenvalue weighted by Gasteiger charge is -2.15. The van der Waals surface area contributed by atoms with Crippen LogP contribution < -0.4 is 5.32 Å². The Hall–Kier alpha value is -1.45. The molecule has 0 saturated heterocycles. The van der Waals surface area contributed by atoms with Gasteiger partial charge in [-0.3, -0.25) is 4.98 Å². The lowest BCUT2D eigenvalue weighted by Crippen LogP contribution is -2.20. The molecule has 0 amide bonds. The van der Waals surface area contributed by atoms with E-state index in [0.717, 1.165) is 10.9 Å². The quantitative estimate of drug-likeness (QED) is 0.850. The molecule has 3 nitrogen and oxygen atoms in total. The highest BCUT2D eigenvalue weighted by Crippen LogP contribution is 2.18. The molecular weight excluding hydrogens is 200 g/mol. The zero-order chi connectivity index (χ0) is 11.4. The van der Waals surface area contributed by atoms with Crippen molar-refractivity contribution in [1.82, 2.24) is 10.3 Å². The van der Waals surface area contributed by atoms with Crippen LogP contribution in [0.25, 0.3) is 10.9 Å². The summed E-state index contributed by atoms with van der Waals surface area (Å²) in [5, 5.41) is 4.40. The third kappa shape index (κ3) is 2.21. The monoisotopic (exact) mass is 216 g/mol. The van der Waals surface area contributed by atoms with Crippen molar-refractivity contribution in [3.63, 3.8) is 0 Å². The van der Waals surface area contributed by atoms with Crippen molar-refractivity contribution in [3.05, 3.63) is 42.1 Å². The molecule has 0 spiro atoms. The molecule has 0 fully saturated rings. The maximum absolute atomic E-state index is 5.18. The molecule has 0 aliphatic heterocycles. The maximum atomic E-state index is 5.18. The molecule has 0 radical (unpaired) electrons. The first-order chi connectivity index (χ1) is 7.85. The third-order valence-corrected chi connectivity index (χ3v) is 2.71. The standard InChI is InChI=1S/C13H16N2O/c1-14-13(9-16-2)11-5-6-12-10(8-11)4-3-7-15-12/h3-8,13-14H,9H2,1-2H3. The lowest BCUT2D eigenvalue weighted by atomic mass is 10.0. The number of fused-ring (bicyclic) bond motifs is 1. The number of hydrogen-bond donors (Lipinski definition) is 1. The van der Waals surface area contributed by atoms with Gasteiger partial charge in [-0.25, -0.2) is 0 Å². The molecule has 1 unspecified atom stereocenters. The highest BCUT2D eigenvalue weighted by Gasteiger charge is 2.08. The van der Waals surface area contributed by atoms with Gasteiger partial charge in [0.25, 0.3) is 0 Å². The van der Waals surface area contributed by atoms with Crippen LogP contribution in [0.3, 0.4) is 0 Å². The van der Waals surface area contributed by atoms with Crippen LogP contribution in [0, 0.1) is 0 Å². The number of aromatic nitrogens is 1. The fourth-order valence-electron chi connectivity index (χ4n) is 1.82. The molecule has 0 saturated carbocycles. The van der Waals surface area contributed by atoms with E-state index >= 15 is 0 Å². The number of methoxy groups -OCH3 is 1. The minimum Gasteiger partial charge on any atom is -0.383 e. The smallest absolute Gasteiger partial charge is 0.0702 e. The van der Waals surface area contributed by atoms with E-state index in [2.05, 4.69) is 28.5 Å². The first-order valence-corrected chi connectivity index (χ1v) is 5.36. The molecule has 16 heavy (non-hydrogen) atoms. The van der Waals surface area contributed by atoms with Crippen molar-refractivity contribution >= 4 is 10.9 Å². The summed E-state index contributed by atoms with van der Waals surface area (Å²) in [4.78, 5) is 4.30. The molecule has 0 aliphatic rings. The SMILES string of the molecule is CNC(COC)c1ccc2ncccc2c1. The minimum absolute atomic E-state index is 0.231. The molecule has 0 bridgehead atoms. The molecular formula is C13H16N2O. The van der Waals surface area contributed by atoms with Crippen molar-refractivity contribution in [2.45, 2.75) is 6.04 Å². The summed E-state index contributed by atoms with van der Waals surface area (Å²) in [6, 6.07) is 10.6. The van der Waals surface area contributed by atoms with Crippen LogP contribution >= 0.6 is 0 Å². The molecule has 3 heteroatoms. The zero-order valence-electron chi connectivity index (χ0n) is 9.60. The number of likely N-dealkylation sites (N-methyl/N-ethyl adjacent to an activating group) is 1. The van der Waals surface area contributed by atoms with Crippen LogP contribution in [0.4, 0.5) is 0 Å². The molecule has 1 aromatic carbocycles. The van der Waals surface area contributed by atoms with E-state index in [0.29, 0.717) is 6.61 Å². The summed E-state index contributed by atoms with van der Waals surface area (Å²) in [6.45, 7) is 0.669. The van der Waals surface area contributed by atoms with Gasteiger partial charge in [0.2, 0.25) is 0 Å². The molecule has 0 aliphatic carbocycles. The van der Waals surface area contributed by atoms with Gasteiger partial charge in [0, 0.05) is 18.7 Å². The molecule has 1 atom stereocenters. The minimum atomic E-state index is 0.231. The van der Waals surface area contributed by atoms with Gasteiger partial charge in [0.15, 0.2) is 0 Å². The Bertz CT molecular complexity index is 470. The summed E-state index contributed by atoms with van der Waals surface area (Å²) in [5.41, 5.74) is 2.25. The van der Waals surface area contributed by atoms with E-state index < -0.39 is 0 Å². The van der Waals surface area contributed by atoms with E-state index in [9.17, 15) is 0 Å². The second kappa shape index (κ2) is 5.05. The maximum Gasteiger partial charge on any atom is 0.0702 e. The van der Waals surface area contributed by atoms with Gasteiger partial charge < -0.3 is 10.1 Å². The summed E-state index contributed by atoms with van der Waals surface area (Å²) in [7, 11) is 3.66. The molecule has 1 aromatic heterocycles. The Morgan fingerprint density at radius 1 is 1.38 bits per heavy atom. The van der Waals surface area contributed by atoms with Crippen molar-refractivity contribution in [1.29, 1.82) is 0 Å². The second-order valence-electron chi connectivity index (χ2n) is 3.75. The Labute approximate surface area is 95.5 Å². The van der Waals surface area contributed by atoms with Gasteiger partial charge in [-0.15, -0.1) is 0 Å². The van der Waals surface area contributed by atoms with Crippen molar-refractivity contribution in [3.8, 4) is 0 Å². The number of benzene rings is 1. The average molecular weight is 216 g/mol. The Balaban J connectivity index is 2.37. The van der Waals surface area contributed by atoms with Crippen LogP contribution in [-0.4, -0.2) is 25.7 Å². The first-order valence-electron chi connectivity index (χ1n) is 5.36. The molecule has 1 heterocycles. The van der Waals surface area contributed by atoms with Gasteiger partial charge in [-0.05, 0) is 30.8 Å². The topological polar surface area (TPSA) is 34.1 Å². The van der Waals surface area contributed by atoms with Crippen LogP contribution in [-0.2, 0) is 4.74 Å². The summed E-state index contributed by atoms with van der Waals surface area (Å²) < 4.78 is 5.18. The van der Waals surface area contributed by atoms with E-state index in [-0.39, 0.29) is 6.04 Å². The first kappa shape index (κ1) is 11.0. The number of nitrogens with zero attached hydrogens (tertiary/aromatic N) is 1. The second-order valence-corrected chi connectivity index (χ2v) is 3.75. The fraction of sp³-hybridized carbons (Fsp3) is 0.308. The molecule has 1 N–H and O–H groups in total. The molecule has 84 valence electrons. The normalized spacial score (nSPS) is 12.9. The lowest BCUT2D eigenvalue weighted by molar-refractivity contribution is 0.170. The third-order valence-electron chi connectivity index (χ3n) is 2.71. The largest absolute Gasteiger partial charge is 0.383 e. The van der Waals surface area contributed by atoms with Crippen LogP contribution in [0.5, 0.6) is 0 Å². The zero-order valence-corrected chi connectivity index (χ0v) is 9.60. The molecule has 2 aromatic rings. The van der Waals surface area contributed by atoms with Gasteiger partial charge in [0.1, 0.15) is 0 Å². The van der Waals surface area contributed by atoms with E-state index in [1.165, 1.54) is 5.56 Å². The van der Waals surface area contributed by atoms with Crippen LogP contribution in [0.2, 0.25) is 0 Å². The van der Waals surface area contributed by atoms with Gasteiger partial charge in [0.05, 0.1) is 18.2 Å². The predicted octanol–water partition coefficient (Wildman–Crippen LogP) is 2.14. The summed E-state index contributed by atoms with van der Waals surface area (Å²) in [6.07, 6.45) is 1.81. The summed E-state index contributed by atoms with van der Waals surface area (Å²) in [5.74, 6) is 0. The number of ether oxygens (including phenoxy) is 1. The Morgan fingerprint density at radius 2 is 2.25 bits per heavy atom. The highest BCUT2D eigenvalue weighted by atomic mass is 16.5. The number of nitrogens with one attached hydrogen (secondary N) is 1. The average Bonchev–Trinajstić information content (AvgIpc) is 2.35. The molecule has 2 rings (SSSR count). The van der Waals surface area contributed by atoms with Gasteiger partial charge >= 0.3 is 0 Å². The summed E-state index contributed by atoms with van der Waals surface area (Å²) >= 11 is 0. The number of rotatable bonds is 4. The van der Waals surface area contributed by atoms with Crippen LogP contribution in [0.1, 0.15) is 11.6 Å². The van der Waals surface area contributed by atoms with E-state index in [1.54, 1.807) is 7.11 Å². The van der Waals surface area contributed by atoms with Crippen molar-refractivity contribution < 1.29 is 4.74 Å². The van der Waals surface area contributed by atoms with E-state index in [1.807, 2.05) is 25.4 Å². The Morgan fingerprint density at radius 3 is 3.00 bits per heavy atom. The predicted molar refractivity (Wildman–Crippen MR) is 65.4 cm³/mol. The Kier molecular flexibility index (Phi) is 3.49. The number of hydrogen-bond acceptors (Lipinski definition) is 3. The fourth-order valence-corrected chi connectivity index (χ4v) is 1.82. The number of pyridine rings is 1. The van der Waals surface area contributed by atoms with E-state index in [4.69, 9.17) is 4.74 Å².